The number of fused-ring (bicyclic) bond motifs is 1. The van der Waals surface area contributed by atoms with Crippen LogP contribution in [0.1, 0.15) is 18.9 Å². The topological polar surface area (TPSA) is 84.9 Å². The van der Waals surface area contributed by atoms with Crippen molar-refractivity contribution in [2.24, 2.45) is 0 Å². The Morgan fingerprint density at radius 1 is 1.17 bits per heavy atom. The van der Waals surface area contributed by atoms with Crippen molar-refractivity contribution in [3.8, 4) is 5.75 Å². The molecular formula is C22H22N2O5. The molecule has 2 aromatic carbocycles. The molecule has 0 unspecified atom stereocenters. The lowest BCUT2D eigenvalue weighted by Gasteiger charge is -2.27. The number of para-hydroxylation sites is 3. The average molecular weight is 394 g/mol. The minimum atomic E-state index is -0.644. The van der Waals surface area contributed by atoms with Crippen molar-refractivity contribution in [2.45, 2.75) is 19.4 Å². The maximum absolute atomic E-state index is 12.8. The van der Waals surface area contributed by atoms with Crippen LogP contribution in [0.5, 0.6) is 5.75 Å². The van der Waals surface area contributed by atoms with Crippen LogP contribution in [0.4, 0.5) is 11.4 Å². The molecule has 0 saturated heterocycles. The summed E-state index contributed by atoms with van der Waals surface area (Å²) < 4.78 is 10.3. The van der Waals surface area contributed by atoms with Gasteiger partial charge in [0.05, 0.1) is 18.5 Å². The molecule has 0 radical (unpaired) electrons. The highest BCUT2D eigenvalue weighted by molar-refractivity contribution is 6.05. The number of benzene rings is 2. The van der Waals surface area contributed by atoms with E-state index in [2.05, 4.69) is 5.32 Å². The summed E-state index contributed by atoms with van der Waals surface area (Å²) in [4.78, 5) is 38.3. The molecule has 7 nitrogen and oxygen atoms in total. The van der Waals surface area contributed by atoms with Gasteiger partial charge < -0.3 is 19.7 Å². The fourth-order valence-corrected chi connectivity index (χ4v) is 3.18. The van der Waals surface area contributed by atoms with E-state index >= 15 is 0 Å². The van der Waals surface area contributed by atoms with E-state index in [4.69, 9.17) is 9.47 Å². The van der Waals surface area contributed by atoms with Gasteiger partial charge in [0.25, 0.3) is 5.91 Å². The fourth-order valence-electron chi connectivity index (χ4n) is 3.18. The standard InChI is InChI=1S/C22H22N2O5/c1-15-13-20(25)23-17-8-4-5-9-18(17)24(15)21(26)14-29-22(27)12-11-16-7-3-6-10-19(16)28-2/h3-12,15H,13-14H2,1-2H3,(H,23,25)/b12-11+/t15-/m1/s1. The van der Waals surface area contributed by atoms with Crippen molar-refractivity contribution in [3.63, 3.8) is 0 Å². The van der Waals surface area contributed by atoms with E-state index in [1.165, 1.54) is 11.0 Å². The number of ether oxygens (including phenoxy) is 2. The van der Waals surface area contributed by atoms with Gasteiger partial charge in [0.1, 0.15) is 5.75 Å². The molecule has 29 heavy (non-hydrogen) atoms. The molecule has 1 heterocycles. The van der Waals surface area contributed by atoms with Gasteiger partial charge in [0.15, 0.2) is 6.61 Å². The van der Waals surface area contributed by atoms with Gasteiger partial charge in [-0.05, 0) is 31.2 Å². The number of nitrogens with one attached hydrogen (secondary N) is 1. The summed E-state index contributed by atoms with van der Waals surface area (Å²) in [5.74, 6) is -0.591. The third-order valence-corrected chi connectivity index (χ3v) is 4.50. The molecule has 2 aromatic rings. The van der Waals surface area contributed by atoms with Crippen molar-refractivity contribution in [3.05, 3.63) is 60.2 Å². The van der Waals surface area contributed by atoms with E-state index in [1.54, 1.807) is 56.5 Å². The molecule has 1 aliphatic heterocycles. The molecule has 1 aliphatic rings. The van der Waals surface area contributed by atoms with Gasteiger partial charge in [-0.15, -0.1) is 0 Å². The summed E-state index contributed by atoms with van der Waals surface area (Å²) in [7, 11) is 1.55. The fraction of sp³-hybridized carbons (Fsp3) is 0.227. The summed E-state index contributed by atoms with van der Waals surface area (Å²) in [6.45, 7) is 1.35. The number of nitrogens with zero attached hydrogens (tertiary/aromatic N) is 1. The monoisotopic (exact) mass is 394 g/mol. The average Bonchev–Trinajstić information content (AvgIpc) is 2.84. The summed E-state index contributed by atoms with van der Waals surface area (Å²) in [5.41, 5.74) is 1.85. The molecule has 7 heteroatoms. The van der Waals surface area contributed by atoms with Crippen LogP contribution in [0, 0.1) is 0 Å². The highest BCUT2D eigenvalue weighted by Crippen LogP contribution is 2.31. The van der Waals surface area contributed by atoms with Gasteiger partial charge in [-0.2, -0.15) is 0 Å². The van der Waals surface area contributed by atoms with E-state index < -0.39 is 18.5 Å². The molecule has 0 spiro atoms. The van der Waals surface area contributed by atoms with Crippen molar-refractivity contribution in [2.75, 3.05) is 23.9 Å². The summed E-state index contributed by atoms with van der Waals surface area (Å²) in [6.07, 6.45) is 2.97. The first-order chi connectivity index (χ1) is 14.0. The normalized spacial score (nSPS) is 16.0. The molecule has 1 N–H and O–H groups in total. The Balaban J connectivity index is 1.67. The number of methoxy groups -OCH3 is 1. The third-order valence-electron chi connectivity index (χ3n) is 4.50. The van der Waals surface area contributed by atoms with Gasteiger partial charge >= 0.3 is 5.97 Å². The van der Waals surface area contributed by atoms with Gasteiger partial charge in [-0.25, -0.2) is 4.79 Å². The number of rotatable bonds is 5. The lowest BCUT2D eigenvalue weighted by Crippen LogP contribution is -2.41. The molecule has 3 rings (SSSR count). The quantitative estimate of drug-likeness (QED) is 0.622. The van der Waals surface area contributed by atoms with Gasteiger partial charge in [0, 0.05) is 24.1 Å². The van der Waals surface area contributed by atoms with E-state index in [0.717, 1.165) is 5.56 Å². The van der Waals surface area contributed by atoms with Crippen LogP contribution >= 0.6 is 0 Å². The van der Waals surface area contributed by atoms with Crippen LogP contribution in [0.3, 0.4) is 0 Å². The van der Waals surface area contributed by atoms with Crippen molar-refractivity contribution in [1.82, 2.24) is 0 Å². The van der Waals surface area contributed by atoms with Crippen LogP contribution in [0.25, 0.3) is 6.08 Å². The zero-order valence-corrected chi connectivity index (χ0v) is 16.3. The first-order valence-corrected chi connectivity index (χ1v) is 9.18. The van der Waals surface area contributed by atoms with E-state index in [9.17, 15) is 14.4 Å². The van der Waals surface area contributed by atoms with Crippen LogP contribution in [0.2, 0.25) is 0 Å². The number of anilines is 2. The Morgan fingerprint density at radius 3 is 2.69 bits per heavy atom. The first kappa shape index (κ1) is 20.1. The smallest absolute Gasteiger partial charge is 0.331 e. The maximum Gasteiger partial charge on any atom is 0.331 e. The number of hydrogen-bond acceptors (Lipinski definition) is 5. The van der Waals surface area contributed by atoms with Crippen LogP contribution in [-0.4, -0.2) is 37.5 Å². The predicted molar refractivity (Wildman–Crippen MR) is 110 cm³/mol. The highest BCUT2D eigenvalue weighted by Gasteiger charge is 2.29. The second-order valence-electron chi connectivity index (χ2n) is 6.57. The Bertz CT molecular complexity index is 954. The zero-order valence-electron chi connectivity index (χ0n) is 16.3. The van der Waals surface area contributed by atoms with Gasteiger partial charge in [-0.1, -0.05) is 30.3 Å². The van der Waals surface area contributed by atoms with Crippen molar-refractivity contribution in [1.29, 1.82) is 0 Å². The molecule has 1 atom stereocenters. The number of hydrogen-bond donors (Lipinski definition) is 1. The molecule has 0 bridgehead atoms. The van der Waals surface area contributed by atoms with E-state index in [-0.39, 0.29) is 18.4 Å². The third kappa shape index (κ3) is 4.82. The molecule has 0 fully saturated rings. The summed E-state index contributed by atoms with van der Waals surface area (Å²) in [6, 6.07) is 13.9. The molecular weight excluding hydrogens is 372 g/mol. The van der Waals surface area contributed by atoms with Crippen LogP contribution < -0.4 is 15.0 Å². The van der Waals surface area contributed by atoms with Crippen molar-refractivity contribution >= 4 is 35.2 Å². The SMILES string of the molecule is COc1ccccc1/C=C/C(=O)OCC(=O)N1c2ccccc2NC(=O)C[C@H]1C. The Labute approximate surface area is 168 Å². The maximum atomic E-state index is 12.8. The second-order valence-corrected chi connectivity index (χ2v) is 6.57. The van der Waals surface area contributed by atoms with Gasteiger partial charge in [-0.3, -0.25) is 9.59 Å². The lowest BCUT2D eigenvalue weighted by atomic mass is 10.1. The van der Waals surface area contributed by atoms with Crippen LogP contribution in [0.15, 0.2) is 54.6 Å². The number of carbonyl (C=O) groups is 3. The second kappa shape index (κ2) is 9.05. The van der Waals surface area contributed by atoms with Crippen molar-refractivity contribution < 1.29 is 23.9 Å². The molecule has 0 aromatic heterocycles. The molecule has 2 amide bonds. The number of amides is 2. The molecule has 150 valence electrons. The lowest BCUT2D eigenvalue weighted by molar-refractivity contribution is -0.143. The predicted octanol–water partition coefficient (Wildman–Crippen LogP) is 3.02. The van der Waals surface area contributed by atoms with E-state index in [0.29, 0.717) is 17.1 Å². The zero-order chi connectivity index (χ0) is 20.8. The number of carbonyl (C=O) groups excluding carboxylic acids is 3. The number of esters is 1. The minimum absolute atomic E-state index is 0.155. The Hall–Kier alpha value is -3.61. The first-order valence-electron chi connectivity index (χ1n) is 9.18. The minimum Gasteiger partial charge on any atom is -0.496 e. The Morgan fingerprint density at radius 2 is 1.90 bits per heavy atom. The van der Waals surface area contributed by atoms with E-state index in [1.807, 2.05) is 12.1 Å². The summed E-state index contributed by atoms with van der Waals surface area (Å²) in [5, 5.41) is 2.79. The van der Waals surface area contributed by atoms with Gasteiger partial charge in [0.2, 0.25) is 5.91 Å². The summed E-state index contributed by atoms with van der Waals surface area (Å²) >= 11 is 0. The highest BCUT2D eigenvalue weighted by atomic mass is 16.5. The van der Waals surface area contributed by atoms with Crippen LogP contribution in [-0.2, 0) is 19.1 Å². The largest absolute Gasteiger partial charge is 0.496 e. The molecule has 0 aliphatic carbocycles. The molecule has 0 saturated carbocycles. The Kier molecular flexibility index (Phi) is 6.29.